The monoisotopic (exact) mass is 403 g/mol. The highest BCUT2D eigenvalue weighted by molar-refractivity contribution is 7.89. The minimum atomic E-state index is -4.53. The maximum atomic E-state index is 12.6. The number of aromatic nitrogens is 3. The zero-order chi connectivity index (χ0) is 19.7. The minimum Gasteiger partial charge on any atom is -0.338 e. The Morgan fingerprint density at radius 3 is 2.22 bits per heavy atom. The van der Waals surface area contributed by atoms with Crippen molar-refractivity contribution in [3.63, 3.8) is 0 Å². The van der Waals surface area contributed by atoms with E-state index in [1.807, 2.05) is 0 Å². The molecule has 1 aliphatic heterocycles. The summed E-state index contributed by atoms with van der Waals surface area (Å²) in [6, 6.07) is 3.37. The van der Waals surface area contributed by atoms with E-state index in [-0.39, 0.29) is 43.5 Å². The van der Waals surface area contributed by atoms with E-state index in [0.29, 0.717) is 0 Å². The fraction of sp³-hybridized carbons (Fsp3) is 0.400. The molecule has 2 aromatic rings. The third kappa shape index (κ3) is 4.27. The molecule has 0 bridgehead atoms. The molecular formula is C15H16F3N5O3S. The van der Waals surface area contributed by atoms with Crippen molar-refractivity contribution in [1.82, 2.24) is 24.0 Å². The van der Waals surface area contributed by atoms with E-state index in [4.69, 9.17) is 0 Å². The number of alkyl halides is 3. The van der Waals surface area contributed by atoms with E-state index >= 15 is 0 Å². The summed E-state index contributed by atoms with van der Waals surface area (Å²) < 4.78 is 65.6. The molecule has 0 saturated carbocycles. The zero-order valence-corrected chi connectivity index (χ0v) is 14.8. The third-order valence-electron chi connectivity index (χ3n) is 4.17. The van der Waals surface area contributed by atoms with Gasteiger partial charge in [-0.25, -0.2) is 18.1 Å². The number of hydrogen-bond acceptors (Lipinski definition) is 5. The van der Waals surface area contributed by atoms with Crippen molar-refractivity contribution in [3.05, 3.63) is 42.5 Å². The van der Waals surface area contributed by atoms with Gasteiger partial charge in [0.15, 0.2) is 0 Å². The van der Waals surface area contributed by atoms with Gasteiger partial charge in [-0.15, -0.1) is 0 Å². The van der Waals surface area contributed by atoms with Crippen molar-refractivity contribution in [3.8, 4) is 0 Å². The van der Waals surface area contributed by atoms with Gasteiger partial charge in [-0.05, 0) is 24.3 Å². The Morgan fingerprint density at radius 2 is 1.70 bits per heavy atom. The van der Waals surface area contributed by atoms with Crippen LogP contribution in [-0.2, 0) is 27.5 Å². The van der Waals surface area contributed by atoms with Crippen molar-refractivity contribution in [2.24, 2.45) is 0 Å². The average Bonchev–Trinajstić information content (AvgIpc) is 3.14. The van der Waals surface area contributed by atoms with Gasteiger partial charge in [0.25, 0.3) is 0 Å². The normalized spacial score (nSPS) is 16.5. The lowest BCUT2D eigenvalue weighted by Gasteiger charge is -2.34. The number of carbonyl (C=O) groups excluding carboxylic acids is 1. The maximum absolute atomic E-state index is 12.6. The van der Waals surface area contributed by atoms with Crippen LogP contribution in [0, 0.1) is 0 Å². The fourth-order valence-electron chi connectivity index (χ4n) is 2.70. The Kier molecular flexibility index (Phi) is 5.20. The first-order chi connectivity index (χ1) is 12.7. The fourth-order valence-corrected chi connectivity index (χ4v) is 4.12. The Labute approximate surface area is 153 Å². The van der Waals surface area contributed by atoms with E-state index in [9.17, 15) is 26.4 Å². The van der Waals surface area contributed by atoms with Crippen molar-refractivity contribution in [1.29, 1.82) is 0 Å². The van der Waals surface area contributed by atoms with E-state index < -0.39 is 21.8 Å². The Balaban J connectivity index is 1.63. The summed E-state index contributed by atoms with van der Waals surface area (Å²) in [7, 11) is -3.92. The lowest BCUT2D eigenvalue weighted by atomic mass is 10.2. The molecule has 0 aliphatic carbocycles. The van der Waals surface area contributed by atoms with E-state index in [1.54, 1.807) is 0 Å². The van der Waals surface area contributed by atoms with Gasteiger partial charge in [-0.1, -0.05) is 0 Å². The van der Waals surface area contributed by atoms with Crippen LogP contribution in [0.3, 0.4) is 0 Å². The van der Waals surface area contributed by atoms with Gasteiger partial charge in [0.05, 0.1) is 10.5 Å². The number of piperazine rings is 1. The van der Waals surface area contributed by atoms with Gasteiger partial charge in [-0.3, -0.25) is 4.79 Å². The average molecular weight is 403 g/mol. The zero-order valence-electron chi connectivity index (χ0n) is 14.0. The summed E-state index contributed by atoms with van der Waals surface area (Å²) in [6.45, 7) is 0.505. The van der Waals surface area contributed by atoms with Crippen molar-refractivity contribution in [2.75, 3.05) is 26.2 Å². The molecule has 8 nitrogen and oxygen atoms in total. The summed E-state index contributed by atoms with van der Waals surface area (Å²) in [5, 5.41) is 3.84. The molecule has 1 aliphatic rings. The maximum Gasteiger partial charge on any atom is 0.416 e. The molecule has 12 heteroatoms. The van der Waals surface area contributed by atoms with Gasteiger partial charge in [0.1, 0.15) is 19.2 Å². The Bertz CT molecular complexity index is 890. The Hall–Kier alpha value is -2.47. The topological polar surface area (TPSA) is 88.4 Å². The quantitative estimate of drug-likeness (QED) is 0.755. The molecule has 1 saturated heterocycles. The van der Waals surface area contributed by atoms with Gasteiger partial charge in [-0.2, -0.15) is 22.6 Å². The van der Waals surface area contributed by atoms with Crippen LogP contribution in [-0.4, -0.2) is 64.5 Å². The number of benzene rings is 1. The summed E-state index contributed by atoms with van der Waals surface area (Å²) in [5.41, 5.74) is -0.912. The number of carbonyl (C=O) groups is 1. The molecule has 3 rings (SSSR count). The molecule has 1 aromatic heterocycles. The minimum absolute atomic E-state index is 0.00561. The third-order valence-corrected chi connectivity index (χ3v) is 6.09. The molecule has 1 fully saturated rings. The molecule has 0 atom stereocenters. The highest BCUT2D eigenvalue weighted by atomic mass is 32.2. The van der Waals surface area contributed by atoms with Crippen LogP contribution < -0.4 is 0 Å². The number of rotatable bonds is 4. The first-order valence-electron chi connectivity index (χ1n) is 7.95. The molecular weight excluding hydrogens is 387 g/mol. The van der Waals surface area contributed by atoms with Crippen molar-refractivity contribution < 1.29 is 26.4 Å². The van der Waals surface area contributed by atoms with Crippen LogP contribution >= 0.6 is 0 Å². The number of halogens is 3. The lowest BCUT2D eigenvalue weighted by Crippen LogP contribution is -2.51. The second kappa shape index (κ2) is 7.27. The van der Waals surface area contributed by atoms with Gasteiger partial charge in [0, 0.05) is 26.2 Å². The largest absolute Gasteiger partial charge is 0.416 e. The van der Waals surface area contributed by atoms with Gasteiger partial charge >= 0.3 is 6.18 Å². The highest BCUT2D eigenvalue weighted by Crippen LogP contribution is 2.30. The van der Waals surface area contributed by atoms with Crippen molar-refractivity contribution in [2.45, 2.75) is 17.6 Å². The van der Waals surface area contributed by atoms with Crippen LogP contribution in [0.4, 0.5) is 13.2 Å². The second-order valence-electron chi connectivity index (χ2n) is 5.90. The van der Waals surface area contributed by atoms with Crippen molar-refractivity contribution >= 4 is 15.9 Å². The number of sulfonamides is 1. The smallest absolute Gasteiger partial charge is 0.338 e. The molecule has 27 heavy (non-hydrogen) atoms. The molecule has 0 N–H and O–H groups in total. The van der Waals surface area contributed by atoms with E-state index in [0.717, 1.165) is 28.6 Å². The SMILES string of the molecule is O=C(Cn1cncn1)N1CCN(S(=O)(=O)c2ccc(C(F)(F)F)cc2)CC1. The molecule has 0 unspecified atom stereocenters. The summed E-state index contributed by atoms with van der Waals surface area (Å²) >= 11 is 0. The summed E-state index contributed by atoms with van der Waals surface area (Å²) in [4.78, 5) is 17.2. The predicted octanol–water partition coefficient (Wildman–Crippen LogP) is 0.830. The second-order valence-corrected chi connectivity index (χ2v) is 7.84. The lowest BCUT2D eigenvalue weighted by molar-refractivity contribution is -0.137. The van der Waals surface area contributed by atoms with E-state index in [2.05, 4.69) is 10.1 Å². The molecule has 0 radical (unpaired) electrons. The first kappa shape index (κ1) is 19.3. The summed E-state index contributed by atoms with van der Waals surface area (Å²) in [5.74, 6) is -0.216. The molecule has 1 aromatic carbocycles. The highest BCUT2D eigenvalue weighted by Gasteiger charge is 2.33. The number of nitrogens with zero attached hydrogens (tertiary/aromatic N) is 5. The summed E-state index contributed by atoms with van der Waals surface area (Å²) in [6.07, 6.45) is -1.82. The predicted molar refractivity (Wildman–Crippen MR) is 86.8 cm³/mol. The van der Waals surface area contributed by atoms with Gasteiger partial charge < -0.3 is 4.90 Å². The number of hydrogen-bond donors (Lipinski definition) is 0. The Morgan fingerprint density at radius 1 is 1.07 bits per heavy atom. The van der Waals surface area contributed by atoms with Gasteiger partial charge in [0.2, 0.25) is 15.9 Å². The van der Waals surface area contributed by atoms with E-state index in [1.165, 1.54) is 22.2 Å². The van der Waals surface area contributed by atoms with Crippen LogP contribution in [0.15, 0.2) is 41.8 Å². The first-order valence-corrected chi connectivity index (χ1v) is 9.39. The molecule has 0 spiro atoms. The van der Waals surface area contributed by atoms with Crippen LogP contribution in [0.2, 0.25) is 0 Å². The molecule has 1 amide bonds. The van der Waals surface area contributed by atoms with Crippen LogP contribution in [0.25, 0.3) is 0 Å². The molecule has 146 valence electrons. The number of amides is 1. The molecule has 2 heterocycles. The van der Waals surface area contributed by atoms with Crippen LogP contribution in [0.5, 0.6) is 0 Å². The standard InChI is InChI=1S/C15H16F3N5O3S/c16-15(17,18)12-1-3-13(4-2-12)27(25,26)23-7-5-21(6-8-23)14(24)9-22-11-19-10-20-22/h1-4,10-11H,5-9H2. The van der Waals surface area contributed by atoms with Crippen LogP contribution in [0.1, 0.15) is 5.56 Å².